The molecule has 1 saturated heterocycles. The van der Waals surface area contributed by atoms with Gasteiger partial charge in [-0.2, -0.15) is 0 Å². The number of hydrogen-bond donors (Lipinski definition) is 1. The number of ether oxygens (including phenoxy) is 3. The van der Waals surface area contributed by atoms with Crippen LogP contribution in [0.15, 0.2) is 27.6 Å². The fraction of sp³-hybridized carbons (Fsp3) is 0.429. The molecule has 36 heavy (non-hydrogen) atoms. The van der Waals surface area contributed by atoms with Crippen LogP contribution in [0.25, 0.3) is 6.08 Å². The Balaban J connectivity index is 1.48. The molecular weight excluding hydrogens is 542 g/mol. The Morgan fingerprint density at radius 3 is 2.56 bits per heavy atom. The van der Waals surface area contributed by atoms with Crippen LogP contribution >= 0.6 is 27.7 Å². The van der Waals surface area contributed by atoms with Crippen LogP contribution in [0.3, 0.4) is 0 Å². The summed E-state index contributed by atoms with van der Waals surface area (Å²) in [7, 11) is 0. The second-order valence-electron chi connectivity index (χ2n) is 10.1. The van der Waals surface area contributed by atoms with E-state index in [0.717, 1.165) is 57.3 Å². The molecule has 2 aliphatic rings. The van der Waals surface area contributed by atoms with E-state index in [1.165, 1.54) is 11.1 Å². The first kappa shape index (κ1) is 26.6. The highest BCUT2D eigenvalue weighted by atomic mass is 79.9. The first-order valence-corrected chi connectivity index (χ1v) is 13.7. The Bertz CT molecular complexity index is 1260. The van der Waals surface area contributed by atoms with E-state index in [-0.39, 0.29) is 11.1 Å². The third-order valence-corrected chi connectivity index (χ3v) is 7.98. The summed E-state index contributed by atoms with van der Waals surface area (Å²) in [5.41, 5.74) is 4.95. The molecule has 0 bridgehead atoms. The van der Waals surface area contributed by atoms with E-state index in [2.05, 4.69) is 62.8 Å². The summed E-state index contributed by atoms with van der Waals surface area (Å²) >= 11 is 4.47. The molecule has 0 aliphatic carbocycles. The molecule has 0 radical (unpaired) electrons. The van der Waals surface area contributed by atoms with Gasteiger partial charge in [0.1, 0.15) is 29.5 Å². The first-order valence-electron chi connectivity index (χ1n) is 12.1. The van der Waals surface area contributed by atoms with Crippen LogP contribution < -0.4 is 19.5 Å². The summed E-state index contributed by atoms with van der Waals surface area (Å²) in [6.45, 7) is 13.8. The standard InChI is InChI=1S/C28H32BrNO5S/c1-15(2)13-33-24-16(3)17(4)25-20(18(24)5)9-10-28(6,35-25)14-34-22-8-7-19(11-21(22)29)12-23-26(31)30-27(32)36-23/h7-8,11-12,15H,9-10,13-14H2,1-6H3,(H,30,31,32)/b23-12+. The van der Waals surface area contributed by atoms with Gasteiger partial charge in [0.15, 0.2) is 0 Å². The van der Waals surface area contributed by atoms with Gasteiger partial charge in [-0.25, -0.2) is 0 Å². The minimum absolute atomic E-state index is 0.354. The summed E-state index contributed by atoms with van der Waals surface area (Å²) in [5.74, 6) is 2.71. The first-order chi connectivity index (χ1) is 17.0. The molecule has 4 rings (SSSR count). The van der Waals surface area contributed by atoms with E-state index in [1.807, 2.05) is 18.2 Å². The molecule has 0 spiro atoms. The predicted octanol–water partition coefficient (Wildman–Crippen LogP) is 6.90. The van der Waals surface area contributed by atoms with Crippen LogP contribution in [0.2, 0.25) is 0 Å². The molecule has 2 aliphatic heterocycles. The quantitative estimate of drug-likeness (QED) is 0.363. The van der Waals surface area contributed by atoms with E-state index in [0.29, 0.717) is 29.8 Å². The van der Waals surface area contributed by atoms with Crippen LogP contribution in [0, 0.1) is 26.7 Å². The van der Waals surface area contributed by atoms with Crippen molar-refractivity contribution in [2.75, 3.05) is 13.2 Å². The van der Waals surface area contributed by atoms with Gasteiger partial charge in [-0.1, -0.05) is 19.9 Å². The Labute approximate surface area is 225 Å². The van der Waals surface area contributed by atoms with Gasteiger partial charge in [-0.05, 0) is 115 Å². The van der Waals surface area contributed by atoms with Crippen molar-refractivity contribution in [1.29, 1.82) is 0 Å². The van der Waals surface area contributed by atoms with Crippen LogP contribution in [-0.4, -0.2) is 30.0 Å². The van der Waals surface area contributed by atoms with Crippen LogP contribution in [0.5, 0.6) is 17.2 Å². The lowest BCUT2D eigenvalue weighted by Crippen LogP contribution is -2.42. The Kier molecular flexibility index (Phi) is 7.76. The molecular formula is C28H32BrNO5S. The summed E-state index contributed by atoms with van der Waals surface area (Å²) in [6, 6.07) is 5.58. The molecule has 2 aromatic carbocycles. The second kappa shape index (κ2) is 10.5. The summed E-state index contributed by atoms with van der Waals surface area (Å²) in [4.78, 5) is 23.6. The van der Waals surface area contributed by atoms with Gasteiger partial charge in [0.05, 0.1) is 16.0 Å². The van der Waals surface area contributed by atoms with E-state index in [9.17, 15) is 9.59 Å². The molecule has 1 N–H and O–H groups in total. The van der Waals surface area contributed by atoms with Crippen molar-refractivity contribution < 1.29 is 23.8 Å². The smallest absolute Gasteiger partial charge is 0.290 e. The van der Waals surface area contributed by atoms with Crippen molar-refractivity contribution in [2.24, 2.45) is 5.92 Å². The molecule has 0 saturated carbocycles. The topological polar surface area (TPSA) is 73.9 Å². The van der Waals surface area contributed by atoms with Crippen molar-refractivity contribution in [1.82, 2.24) is 5.32 Å². The van der Waals surface area contributed by atoms with Crippen molar-refractivity contribution in [2.45, 2.75) is 60.0 Å². The number of rotatable bonds is 7. The third-order valence-electron chi connectivity index (χ3n) is 6.55. The average Bonchev–Trinajstić information content (AvgIpc) is 3.13. The molecule has 6 nitrogen and oxygen atoms in total. The van der Waals surface area contributed by atoms with Crippen LogP contribution in [0.4, 0.5) is 4.79 Å². The SMILES string of the molecule is Cc1c(C)c2c(c(C)c1OCC(C)C)CCC(C)(COc1ccc(/C=C3/SC(=O)NC3=O)cc1Br)O2. The number of carbonyl (C=O) groups is 2. The van der Waals surface area contributed by atoms with Gasteiger partial charge in [-0.3, -0.25) is 14.9 Å². The van der Waals surface area contributed by atoms with E-state index >= 15 is 0 Å². The molecule has 2 amide bonds. The lowest BCUT2D eigenvalue weighted by atomic mass is 9.87. The summed E-state index contributed by atoms with van der Waals surface area (Å²) in [6.07, 6.45) is 3.41. The van der Waals surface area contributed by atoms with Gasteiger partial charge < -0.3 is 14.2 Å². The number of halogens is 1. The maximum Gasteiger partial charge on any atom is 0.290 e. The minimum Gasteiger partial charge on any atom is -0.493 e. The second-order valence-corrected chi connectivity index (χ2v) is 12.0. The largest absolute Gasteiger partial charge is 0.493 e. The molecule has 192 valence electrons. The maximum atomic E-state index is 11.8. The molecule has 1 atom stereocenters. The van der Waals surface area contributed by atoms with Gasteiger partial charge in [0, 0.05) is 5.56 Å². The zero-order chi connectivity index (χ0) is 26.2. The Morgan fingerprint density at radius 2 is 1.92 bits per heavy atom. The fourth-order valence-corrected chi connectivity index (χ4v) is 5.57. The van der Waals surface area contributed by atoms with E-state index in [4.69, 9.17) is 14.2 Å². The average molecular weight is 575 g/mol. The molecule has 1 unspecified atom stereocenters. The third kappa shape index (κ3) is 5.59. The van der Waals surface area contributed by atoms with E-state index < -0.39 is 5.60 Å². The van der Waals surface area contributed by atoms with Gasteiger partial charge in [-0.15, -0.1) is 0 Å². The number of carbonyl (C=O) groups excluding carboxylic acids is 2. The van der Waals surface area contributed by atoms with Crippen molar-refractivity contribution in [3.63, 3.8) is 0 Å². The highest BCUT2D eigenvalue weighted by Gasteiger charge is 2.36. The molecule has 2 aromatic rings. The molecule has 1 fully saturated rings. The summed E-state index contributed by atoms with van der Waals surface area (Å²) < 4.78 is 19.7. The Hall–Kier alpha value is -2.45. The number of hydrogen-bond acceptors (Lipinski definition) is 6. The highest BCUT2D eigenvalue weighted by Crippen LogP contribution is 2.44. The van der Waals surface area contributed by atoms with E-state index in [1.54, 1.807) is 6.08 Å². The number of fused-ring (bicyclic) bond motifs is 1. The predicted molar refractivity (Wildman–Crippen MR) is 147 cm³/mol. The monoisotopic (exact) mass is 573 g/mol. The maximum absolute atomic E-state index is 11.8. The van der Waals surface area contributed by atoms with Crippen molar-refractivity contribution in [3.05, 3.63) is 55.4 Å². The van der Waals surface area contributed by atoms with Crippen LogP contribution in [0.1, 0.15) is 55.0 Å². The number of imide groups is 1. The zero-order valence-electron chi connectivity index (χ0n) is 21.5. The molecule has 8 heteroatoms. The number of thioether (sulfide) groups is 1. The van der Waals surface area contributed by atoms with Gasteiger partial charge >= 0.3 is 0 Å². The zero-order valence-corrected chi connectivity index (χ0v) is 23.9. The lowest BCUT2D eigenvalue weighted by Gasteiger charge is -2.38. The molecule has 2 heterocycles. The van der Waals surface area contributed by atoms with Crippen molar-refractivity contribution in [3.8, 4) is 17.2 Å². The lowest BCUT2D eigenvalue weighted by molar-refractivity contribution is -0.115. The molecule has 0 aromatic heterocycles. The highest BCUT2D eigenvalue weighted by molar-refractivity contribution is 9.10. The van der Waals surface area contributed by atoms with Gasteiger partial charge in [0.2, 0.25) is 0 Å². The Morgan fingerprint density at radius 1 is 1.17 bits per heavy atom. The minimum atomic E-state index is -0.476. The van der Waals surface area contributed by atoms with Gasteiger partial charge in [0.25, 0.3) is 11.1 Å². The number of benzene rings is 2. The van der Waals surface area contributed by atoms with Crippen LogP contribution in [-0.2, 0) is 11.2 Å². The van der Waals surface area contributed by atoms with Crippen molar-refractivity contribution >= 4 is 44.9 Å². The number of amides is 2. The normalized spacial score (nSPS) is 20.4. The number of nitrogens with one attached hydrogen (secondary N) is 1. The summed E-state index contributed by atoms with van der Waals surface area (Å²) in [5, 5.41) is 1.91. The fourth-order valence-electron chi connectivity index (χ4n) is 4.38.